The molecule has 0 unspecified atom stereocenters. The number of hydrogen-bond acceptors (Lipinski definition) is 3. The van der Waals surface area contributed by atoms with Crippen LogP contribution in [0.2, 0.25) is 0 Å². The summed E-state index contributed by atoms with van der Waals surface area (Å²) in [5.74, 6) is 0.371. The number of nitrogens with two attached hydrogens (primary N) is 1. The second-order valence-electron chi connectivity index (χ2n) is 3.53. The molecule has 1 heterocycles. The Kier molecular flexibility index (Phi) is 4.22. The van der Waals surface area contributed by atoms with Crippen molar-refractivity contribution in [1.29, 1.82) is 0 Å². The molecule has 0 aromatic carbocycles. The summed E-state index contributed by atoms with van der Waals surface area (Å²) in [5.41, 5.74) is 5.34. The Morgan fingerprint density at radius 2 is 2.29 bits per heavy atom. The first-order valence-electron chi connectivity index (χ1n) is 4.98. The summed E-state index contributed by atoms with van der Waals surface area (Å²) in [6, 6.07) is 0. The molecule has 1 amide bonds. The smallest absolute Gasteiger partial charge is 0.222 e. The highest BCUT2D eigenvalue weighted by atomic mass is 16.4. The maximum atomic E-state index is 11.5. The minimum atomic E-state index is 0.182. The molecule has 14 heavy (non-hydrogen) atoms. The van der Waals surface area contributed by atoms with E-state index in [2.05, 4.69) is 5.16 Å². The number of amidine groups is 1. The third-order valence-corrected chi connectivity index (χ3v) is 2.44. The van der Waals surface area contributed by atoms with Crippen molar-refractivity contribution in [1.82, 2.24) is 4.90 Å². The van der Waals surface area contributed by atoms with Gasteiger partial charge in [0.2, 0.25) is 5.91 Å². The van der Waals surface area contributed by atoms with Gasteiger partial charge in [-0.05, 0) is 12.8 Å². The molecule has 1 aliphatic rings. The number of nitrogens with zero attached hydrogens (tertiary/aromatic N) is 2. The topological polar surface area (TPSA) is 78.9 Å². The van der Waals surface area contributed by atoms with Gasteiger partial charge in [0.05, 0.1) is 0 Å². The number of oxime groups is 1. The van der Waals surface area contributed by atoms with E-state index in [-0.39, 0.29) is 11.7 Å². The molecule has 0 aliphatic carbocycles. The molecule has 80 valence electrons. The Morgan fingerprint density at radius 1 is 1.50 bits per heavy atom. The summed E-state index contributed by atoms with van der Waals surface area (Å²) in [6.07, 6.45) is 4.24. The molecule has 5 nitrogen and oxygen atoms in total. The van der Waals surface area contributed by atoms with Crippen LogP contribution in [0.25, 0.3) is 0 Å². The van der Waals surface area contributed by atoms with Crippen molar-refractivity contribution in [2.24, 2.45) is 10.9 Å². The van der Waals surface area contributed by atoms with Gasteiger partial charge in [-0.25, -0.2) is 0 Å². The second kappa shape index (κ2) is 5.47. The van der Waals surface area contributed by atoms with Crippen LogP contribution in [0.1, 0.15) is 32.1 Å². The van der Waals surface area contributed by atoms with Gasteiger partial charge in [0.1, 0.15) is 5.84 Å². The minimum Gasteiger partial charge on any atom is -0.409 e. The predicted molar refractivity (Wildman–Crippen MR) is 53.1 cm³/mol. The highest BCUT2D eigenvalue weighted by Crippen LogP contribution is 2.11. The first-order chi connectivity index (χ1) is 6.74. The van der Waals surface area contributed by atoms with Crippen molar-refractivity contribution >= 4 is 11.7 Å². The zero-order chi connectivity index (χ0) is 10.4. The van der Waals surface area contributed by atoms with E-state index in [0.29, 0.717) is 19.4 Å². The lowest BCUT2D eigenvalue weighted by Crippen LogP contribution is -2.33. The summed E-state index contributed by atoms with van der Waals surface area (Å²) >= 11 is 0. The van der Waals surface area contributed by atoms with Crippen molar-refractivity contribution < 1.29 is 10.0 Å². The van der Waals surface area contributed by atoms with Crippen LogP contribution in [0.3, 0.4) is 0 Å². The molecule has 1 rings (SSSR count). The lowest BCUT2D eigenvalue weighted by molar-refractivity contribution is -0.130. The van der Waals surface area contributed by atoms with Crippen LogP contribution in [-0.4, -0.2) is 34.9 Å². The molecule has 0 bridgehead atoms. The van der Waals surface area contributed by atoms with E-state index in [1.165, 1.54) is 0 Å². The van der Waals surface area contributed by atoms with Crippen LogP contribution in [0.15, 0.2) is 5.16 Å². The van der Waals surface area contributed by atoms with Crippen molar-refractivity contribution in [3.8, 4) is 0 Å². The quantitative estimate of drug-likeness (QED) is 0.301. The van der Waals surface area contributed by atoms with Crippen LogP contribution in [0, 0.1) is 0 Å². The molecular weight excluding hydrogens is 182 g/mol. The fourth-order valence-corrected chi connectivity index (χ4v) is 1.57. The molecule has 0 spiro atoms. The zero-order valence-electron chi connectivity index (χ0n) is 8.28. The molecule has 0 aromatic heterocycles. The predicted octanol–water partition coefficient (Wildman–Crippen LogP) is 0.525. The molecule has 1 saturated heterocycles. The first-order valence-corrected chi connectivity index (χ1v) is 4.98. The Bertz CT molecular complexity index is 228. The molecule has 0 aromatic rings. The number of carbonyl (C=O) groups excluding carboxylic acids is 1. The normalized spacial score (nSPS) is 19.6. The van der Waals surface area contributed by atoms with E-state index < -0.39 is 0 Å². The van der Waals surface area contributed by atoms with Gasteiger partial charge in [-0.1, -0.05) is 11.6 Å². The third-order valence-electron chi connectivity index (χ3n) is 2.44. The van der Waals surface area contributed by atoms with Gasteiger partial charge in [0.25, 0.3) is 0 Å². The number of carbonyl (C=O) groups is 1. The van der Waals surface area contributed by atoms with Crippen LogP contribution >= 0.6 is 0 Å². The van der Waals surface area contributed by atoms with Crippen LogP contribution in [-0.2, 0) is 4.79 Å². The number of rotatable bonds is 3. The number of hydrogen-bond donors (Lipinski definition) is 2. The number of likely N-dealkylation sites (tertiary alicyclic amines) is 1. The lowest BCUT2D eigenvalue weighted by atomic mass is 10.2. The van der Waals surface area contributed by atoms with Gasteiger partial charge in [-0.15, -0.1) is 0 Å². The molecule has 0 atom stereocenters. The zero-order valence-corrected chi connectivity index (χ0v) is 8.28. The lowest BCUT2D eigenvalue weighted by Gasteiger charge is -2.19. The molecular formula is C9H17N3O2. The van der Waals surface area contributed by atoms with Gasteiger partial charge in [0, 0.05) is 25.9 Å². The van der Waals surface area contributed by atoms with Crippen molar-refractivity contribution in [2.75, 3.05) is 13.1 Å². The number of amides is 1. The van der Waals surface area contributed by atoms with E-state index in [0.717, 1.165) is 25.8 Å². The second-order valence-corrected chi connectivity index (χ2v) is 3.53. The minimum absolute atomic E-state index is 0.182. The fourth-order valence-electron chi connectivity index (χ4n) is 1.57. The Balaban J connectivity index is 2.37. The molecule has 5 heteroatoms. The molecule has 0 radical (unpaired) electrons. The SMILES string of the molecule is N/C(CCN1CCCCCC1=O)=N\O. The van der Waals surface area contributed by atoms with E-state index in [1.54, 1.807) is 4.90 Å². The maximum Gasteiger partial charge on any atom is 0.222 e. The van der Waals surface area contributed by atoms with E-state index in [9.17, 15) is 4.79 Å². The Morgan fingerprint density at radius 3 is 3.00 bits per heavy atom. The monoisotopic (exact) mass is 199 g/mol. The standard InChI is InChI=1S/C9H17N3O2/c10-8(11-14)5-7-12-6-3-1-2-4-9(12)13/h14H,1-7H2,(H2,10,11). The third kappa shape index (κ3) is 3.24. The summed E-state index contributed by atoms with van der Waals surface area (Å²) in [7, 11) is 0. The van der Waals surface area contributed by atoms with Gasteiger partial charge in [-0.2, -0.15) is 0 Å². The van der Waals surface area contributed by atoms with E-state index in [4.69, 9.17) is 10.9 Å². The van der Waals surface area contributed by atoms with Crippen LogP contribution in [0.4, 0.5) is 0 Å². The van der Waals surface area contributed by atoms with Crippen LogP contribution < -0.4 is 5.73 Å². The van der Waals surface area contributed by atoms with Gasteiger partial charge in [-0.3, -0.25) is 4.79 Å². The highest BCUT2D eigenvalue weighted by molar-refractivity contribution is 5.81. The maximum absolute atomic E-state index is 11.5. The van der Waals surface area contributed by atoms with Crippen molar-refractivity contribution in [3.63, 3.8) is 0 Å². The Labute approximate surface area is 83.6 Å². The van der Waals surface area contributed by atoms with Crippen molar-refractivity contribution in [3.05, 3.63) is 0 Å². The summed E-state index contributed by atoms with van der Waals surface area (Å²) in [5, 5.41) is 11.2. The molecule has 1 fully saturated rings. The Hall–Kier alpha value is -1.26. The summed E-state index contributed by atoms with van der Waals surface area (Å²) in [4.78, 5) is 13.3. The van der Waals surface area contributed by atoms with Gasteiger partial charge in [0.15, 0.2) is 0 Å². The largest absolute Gasteiger partial charge is 0.409 e. The van der Waals surface area contributed by atoms with E-state index >= 15 is 0 Å². The first kappa shape index (κ1) is 10.8. The summed E-state index contributed by atoms with van der Waals surface area (Å²) < 4.78 is 0. The van der Waals surface area contributed by atoms with E-state index in [1.807, 2.05) is 0 Å². The van der Waals surface area contributed by atoms with Crippen LogP contribution in [0.5, 0.6) is 0 Å². The van der Waals surface area contributed by atoms with Gasteiger partial charge < -0.3 is 15.8 Å². The molecule has 0 saturated carbocycles. The summed E-state index contributed by atoms with van der Waals surface area (Å²) in [6.45, 7) is 1.37. The average molecular weight is 199 g/mol. The van der Waals surface area contributed by atoms with Crippen molar-refractivity contribution in [2.45, 2.75) is 32.1 Å². The molecule has 1 aliphatic heterocycles. The van der Waals surface area contributed by atoms with Gasteiger partial charge >= 0.3 is 0 Å². The fraction of sp³-hybridized carbons (Fsp3) is 0.778. The average Bonchev–Trinajstić information content (AvgIpc) is 2.39. The molecule has 3 N–H and O–H groups in total. The highest BCUT2D eigenvalue weighted by Gasteiger charge is 2.16.